The Morgan fingerprint density at radius 2 is 2.12 bits per heavy atom. The minimum Gasteiger partial charge on any atom is -0.394 e. The van der Waals surface area contributed by atoms with Crippen molar-refractivity contribution >= 4 is 17.5 Å². The number of nitrogens with zero attached hydrogens (tertiary/aromatic N) is 1. The number of carbonyl (C=O) groups excluding carboxylic acids is 1. The van der Waals surface area contributed by atoms with Gasteiger partial charge in [0.2, 0.25) is 0 Å². The van der Waals surface area contributed by atoms with E-state index >= 15 is 0 Å². The Hall–Kier alpha value is -1.13. The van der Waals surface area contributed by atoms with Gasteiger partial charge in [0.05, 0.1) is 12.1 Å². The monoisotopic (exact) mass is 256 g/mol. The summed E-state index contributed by atoms with van der Waals surface area (Å²) in [5, 5.41) is 12.5. The van der Waals surface area contributed by atoms with Crippen LogP contribution in [0.4, 0.5) is 0 Å². The molecular formula is C12H17ClN2O2. The van der Waals surface area contributed by atoms with E-state index in [0.29, 0.717) is 12.8 Å². The van der Waals surface area contributed by atoms with Crippen molar-refractivity contribution in [2.45, 2.75) is 32.2 Å². The molecule has 0 aliphatic rings. The highest BCUT2D eigenvalue weighted by atomic mass is 35.5. The van der Waals surface area contributed by atoms with Gasteiger partial charge < -0.3 is 10.4 Å². The first-order chi connectivity index (χ1) is 8.06. The van der Waals surface area contributed by atoms with Crippen LogP contribution in [0, 0.1) is 0 Å². The lowest BCUT2D eigenvalue weighted by Crippen LogP contribution is -2.50. The van der Waals surface area contributed by atoms with E-state index in [-0.39, 0.29) is 23.4 Å². The van der Waals surface area contributed by atoms with Crippen LogP contribution in [0.1, 0.15) is 37.2 Å². The van der Waals surface area contributed by atoms with E-state index in [1.54, 1.807) is 18.2 Å². The summed E-state index contributed by atoms with van der Waals surface area (Å²) in [4.78, 5) is 15.9. The van der Waals surface area contributed by atoms with Crippen molar-refractivity contribution < 1.29 is 9.90 Å². The molecule has 0 aliphatic heterocycles. The average Bonchev–Trinajstić information content (AvgIpc) is 2.36. The minimum atomic E-state index is -0.582. The zero-order valence-electron chi connectivity index (χ0n) is 10.0. The summed E-state index contributed by atoms with van der Waals surface area (Å²) in [6.07, 6.45) is 1.32. The number of rotatable bonds is 5. The normalized spacial score (nSPS) is 11.3. The lowest BCUT2D eigenvalue weighted by molar-refractivity contribution is 0.0813. The number of halogens is 1. The molecule has 0 spiro atoms. The quantitative estimate of drug-likeness (QED) is 0.793. The summed E-state index contributed by atoms with van der Waals surface area (Å²) in [6.45, 7) is 3.75. The predicted octanol–water partition coefficient (Wildman–Crippen LogP) is 2.02. The van der Waals surface area contributed by atoms with E-state index in [1.165, 1.54) is 0 Å². The Bertz CT molecular complexity index is 384. The summed E-state index contributed by atoms with van der Waals surface area (Å²) >= 11 is 5.72. The van der Waals surface area contributed by atoms with Gasteiger partial charge in [-0.3, -0.25) is 4.79 Å². The zero-order chi connectivity index (χ0) is 12.9. The van der Waals surface area contributed by atoms with Gasteiger partial charge in [-0.1, -0.05) is 31.5 Å². The van der Waals surface area contributed by atoms with E-state index in [4.69, 9.17) is 11.6 Å². The molecule has 0 aliphatic carbocycles. The molecule has 0 atom stereocenters. The predicted molar refractivity (Wildman–Crippen MR) is 67.1 cm³/mol. The first-order valence-corrected chi connectivity index (χ1v) is 6.00. The summed E-state index contributed by atoms with van der Waals surface area (Å²) in [7, 11) is 0. The number of pyridine rings is 1. The minimum absolute atomic E-state index is 0.0910. The Kier molecular flexibility index (Phi) is 4.90. The molecule has 1 aromatic rings. The van der Waals surface area contributed by atoms with Gasteiger partial charge in [0.25, 0.3) is 5.91 Å². The molecular weight excluding hydrogens is 240 g/mol. The van der Waals surface area contributed by atoms with Gasteiger partial charge in [-0.25, -0.2) is 4.98 Å². The van der Waals surface area contributed by atoms with Crippen molar-refractivity contribution in [3.63, 3.8) is 0 Å². The van der Waals surface area contributed by atoms with E-state index < -0.39 is 5.54 Å². The van der Waals surface area contributed by atoms with Crippen LogP contribution in [0.15, 0.2) is 18.2 Å². The number of aliphatic hydroxyl groups is 1. The molecule has 5 heteroatoms. The van der Waals surface area contributed by atoms with E-state index in [0.717, 1.165) is 0 Å². The number of nitrogens with one attached hydrogen (secondary N) is 1. The number of amides is 1. The van der Waals surface area contributed by atoms with Crippen LogP contribution >= 0.6 is 11.6 Å². The topological polar surface area (TPSA) is 62.2 Å². The van der Waals surface area contributed by atoms with Gasteiger partial charge in [0.1, 0.15) is 10.8 Å². The van der Waals surface area contributed by atoms with Gasteiger partial charge in [0, 0.05) is 0 Å². The maximum Gasteiger partial charge on any atom is 0.270 e. The van der Waals surface area contributed by atoms with Gasteiger partial charge in [-0.2, -0.15) is 0 Å². The van der Waals surface area contributed by atoms with Crippen molar-refractivity contribution in [3.8, 4) is 0 Å². The molecule has 0 fully saturated rings. The van der Waals surface area contributed by atoms with Crippen LogP contribution in [0.5, 0.6) is 0 Å². The van der Waals surface area contributed by atoms with Crippen LogP contribution in [0.2, 0.25) is 5.15 Å². The molecule has 1 aromatic heterocycles. The molecule has 94 valence electrons. The lowest BCUT2D eigenvalue weighted by Gasteiger charge is -2.30. The Morgan fingerprint density at radius 3 is 2.59 bits per heavy atom. The van der Waals surface area contributed by atoms with Crippen LogP contribution in [-0.4, -0.2) is 28.1 Å². The standard InChI is InChI=1S/C12H17ClN2O2/c1-3-12(4-2,8-16)15-11(17)9-6-5-7-10(13)14-9/h5-7,16H,3-4,8H2,1-2H3,(H,15,17). The van der Waals surface area contributed by atoms with Gasteiger partial charge in [-0.15, -0.1) is 0 Å². The fourth-order valence-electron chi connectivity index (χ4n) is 1.53. The largest absolute Gasteiger partial charge is 0.394 e. The molecule has 0 aromatic carbocycles. The number of hydrogen-bond donors (Lipinski definition) is 2. The number of carbonyl (C=O) groups is 1. The van der Waals surface area contributed by atoms with Crippen molar-refractivity contribution in [1.82, 2.24) is 10.3 Å². The van der Waals surface area contributed by atoms with Crippen molar-refractivity contribution in [2.75, 3.05) is 6.61 Å². The molecule has 2 N–H and O–H groups in total. The number of hydrogen-bond acceptors (Lipinski definition) is 3. The Morgan fingerprint density at radius 1 is 1.47 bits per heavy atom. The van der Waals surface area contributed by atoms with Crippen LogP contribution in [0.3, 0.4) is 0 Å². The summed E-state index contributed by atoms with van der Waals surface area (Å²) < 4.78 is 0. The van der Waals surface area contributed by atoms with Gasteiger partial charge >= 0.3 is 0 Å². The molecule has 0 unspecified atom stereocenters. The highest BCUT2D eigenvalue weighted by Crippen LogP contribution is 2.15. The van der Waals surface area contributed by atoms with Gasteiger partial charge in [0.15, 0.2) is 0 Å². The summed E-state index contributed by atoms with van der Waals surface area (Å²) in [5.74, 6) is -0.315. The maximum absolute atomic E-state index is 11.9. The SMILES string of the molecule is CCC(CC)(CO)NC(=O)c1cccc(Cl)n1. The molecule has 17 heavy (non-hydrogen) atoms. The van der Waals surface area contributed by atoms with Crippen LogP contribution in [-0.2, 0) is 0 Å². The van der Waals surface area contributed by atoms with E-state index in [1.807, 2.05) is 13.8 Å². The van der Waals surface area contributed by atoms with E-state index in [9.17, 15) is 9.90 Å². The highest BCUT2D eigenvalue weighted by Gasteiger charge is 2.27. The lowest BCUT2D eigenvalue weighted by atomic mass is 9.93. The molecule has 0 saturated heterocycles. The van der Waals surface area contributed by atoms with Crippen LogP contribution in [0.25, 0.3) is 0 Å². The van der Waals surface area contributed by atoms with Gasteiger partial charge in [-0.05, 0) is 25.0 Å². The molecule has 4 nitrogen and oxygen atoms in total. The van der Waals surface area contributed by atoms with Crippen LogP contribution < -0.4 is 5.32 Å². The summed E-state index contributed by atoms with van der Waals surface area (Å²) in [6, 6.07) is 4.87. The third kappa shape index (κ3) is 3.41. The molecule has 1 amide bonds. The number of aliphatic hydroxyl groups excluding tert-OH is 1. The smallest absolute Gasteiger partial charge is 0.270 e. The second-order valence-electron chi connectivity index (χ2n) is 3.95. The Balaban J connectivity index is 2.84. The van der Waals surface area contributed by atoms with E-state index in [2.05, 4.69) is 10.3 Å². The third-order valence-electron chi connectivity index (χ3n) is 2.98. The second-order valence-corrected chi connectivity index (χ2v) is 4.33. The molecule has 1 rings (SSSR count). The molecule has 1 heterocycles. The van der Waals surface area contributed by atoms with Crippen molar-refractivity contribution in [2.24, 2.45) is 0 Å². The average molecular weight is 257 g/mol. The number of aromatic nitrogens is 1. The van der Waals surface area contributed by atoms with Crippen molar-refractivity contribution in [3.05, 3.63) is 29.0 Å². The first kappa shape index (κ1) is 13.9. The Labute approximate surface area is 106 Å². The fourth-order valence-corrected chi connectivity index (χ4v) is 1.69. The zero-order valence-corrected chi connectivity index (χ0v) is 10.8. The fraction of sp³-hybridized carbons (Fsp3) is 0.500. The van der Waals surface area contributed by atoms with Crippen molar-refractivity contribution in [1.29, 1.82) is 0 Å². The third-order valence-corrected chi connectivity index (χ3v) is 3.19. The first-order valence-electron chi connectivity index (χ1n) is 5.63. The molecule has 0 bridgehead atoms. The molecule has 0 saturated carbocycles. The summed E-state index contributed by atoms with van der Waals surface area (Å²) in [5.41, 5.74) is -0.321. The molecule has 0 radical (unpaired) electrons. The maximum atomic E-state index is 11.9. The second kappa shape index (κ2) is 5.98. The highest BCUT2D eigenvalue weighted by molar-refractivity contribution is 6.29.